The first-order chi connectivity index (χ1) is 2.91. The summed E-state index contributed by atoms with van der Waals surface area (Å²) in [6, 6.07) is 0. The van der Waals surface area contributed by atoms with Gasteiger partial charge in [-0.25, -0.2) is 0 Å². The van der Waals surface area contributed by atoms with Gasteiger partial charge in [-0.3, -0.25) is 0 Å². The molecular weight excluding hydrogens is 260 g/mol. The van der Waals surface area contributed by atoms with E-state index in [-0.39, 0.29) is 57.0 Å². The van der Waals surface area contributed by atoms with Crippen LogP contribution in [0.3, 0.4) is 0 Å². The van der Waals surface area contributed by atoms with Gasteiger partial charge < -0.3 is 38.7 Å². The monoisotopic (exact) mass is 268 g/mol. The van der Waals surface area contributed by atoms with Crippen molar-refractivity contribution in [1.82, 2.24) is 0 Å². The molecule has 1 nitrogen and oxygen atoms in total. The number of hydrogen-bond donors (Lipinski definition) is 0. The smallest absolute Gasteiger partial charge is 1.00 e. The van der Waals surface area contributed by atoms with Crippen LogP contribution in [0.4, 0.5) is 0 Å². The minimum atomic E-state index is 0. The molecule has 0 spiro atoms. The molecule has 0 aromatic carbocycles. The topological polar surface area (TPSA) is 9.23 Å². The Balaban J connectivity index is -0.0000000417. The van der Waals surface area contributed by atoms with E-state index in [0.717, 1.165) is 6.61 Å². The van der Waals surface area contributed by atoms with Gasteiger partial charge >= 0.3 is 23.1 Å². The molecule has 0 bridgehead atoms. The molecule has 0 heterocycles. The average molecular weight is 270 g/mol. The van der Waals surface area contributed by atoms with Gasteiger partial charge in [0.2, 0.25) is 0 Å². The standard InChI is InChI=1S/C5H10O.2BrH.Mg/c1-3-5-6-4-2;;;/h3H,1,4-5H2,2H3;2*1H;/q;;;+2/p-2. The summed E-state index contributed by atoms with van der Waals surface area (Å²) in [6.45, 7) is 6.90. The van der Waals surface area contributed by atoms with Crippen LogP contribution in [0.1, 0.15) is 6.92 Å². The van der Waals surface area contributed by atoms with Crippen molar-refractivity contribution in [1.29, 1.82) is 0 Å². The van der Waals surface area contributed by atoms with E-state index >= 15 is 0 Å². The fourth-order valence-electron chi connectivity index (χ4n) is 0.201. The maximum absolute atomic E-state index is 4.86. The van der Waals surface area contributed by atoms with Crippen LogP contribution < -0.4 is 34.0 Å². The Labute approximate surface area is 93.9 Å². The third-order valence-electron chi connectivity index (χ3n) is 0.440. The molecule has 9 heavy (non-hydrogen) atoms. The van der Waals surface area contributed by atoms with E-state index in [2.05, 4.69) is 6.58 Å². The van der Waals surface area contributed by atoms with Crippen molar-refractivity contribution in [2.75, 3.05) is 13.2 Å². The first-order valence-corrected chi connectivity index (χ1v) is 2.10. The van der Waals surface area contributed by atoms with Gasteiger partial charge in [-0.05, 0) is 6.92 Å². The first-order valence-electron chi connectivity index (χ1n) is 2.10. The van der Waals surface area contributed by atoms with Crippen molar-refractivity contribution in [2.45, 2.75) is 6.92 Å². The van der Waals surface area contributed by atoms with Gasteiger partial charge in [0.25, 0.3) is 0 Å². The Morgan fingerprint density at radius 2 is 1.89 bits per heavy atom. The van der Waals surface area contributed by atoms with Crippen molar-refractivity contribution < 1.29 is 38.7 Å². The van der Waals surface area contributed by atoms with E-state index in [1.165, 1.54) is 0 Å². The molecule has 0 saturated heterocycles. The summed E-state index contributed by atoms with van der Waals surface area (Å²) in [6.07, 6.45) is 1.74. The van der Waals surface area contributed by atoms with Crippen molar-refractivity contribution in [3.05, 3.63) is 12.7 Å². The van der Waals surface area contributed by atoms with Crippen LogP contribution in [-0.4, -0.2) is 36.3 Å². The maximum Gasteiger partial charge on any atom is 2.00 e. The Kier molecular flexibility index (Phi) is 56.7. The number of ether oxygens (including phenoxy) is 1. The number of halogens is 2. The third-order valence-corrected chi connectivity index (χ3v) is 0.440. The molecule has 0 saturated carbocycles. The predicted molar refractivity (Wildman–Crippen MR) is 32.4 cm³/mol. The van der Waals surface area contributed by atoms with E-state index in [1.54, 1.807) is 6.08 Å². The summed E-state index contributed by atoms with van der Waals surface area (Å²) in [5, 5.41) is 0. The Morgan fingerprint density at radius 3 is 2.00 bits per heavy atom. The molecule has 0 aliphatic carbocycles. The molecule has 0 amide bonds. The quantitative estimate of drug-likeness (QED) is 0.283. The predicted octanol–water partition coefficient (Wildman–Crippen LogP) is -5.16. The zero-order chi connectivity index (χ0) is 4.83. The summed E-state index contributed by atoms with van der Waals surface area (Å²) in [5.74, 6) is 0. The molecule has 0 aliphatic heterocycles. The van der Waals surface area contributed by atoms with Crippen molar-refractivity contribution in [3.8, 4) is 0 Å². The van der Waals surface area contributed by atoms with Crippen LogP contribution in [0.15, 0.2) is 12.7 Å². The molecule has 0 N–H and O–H groups in total. The molecular formula is C5H10Br2MgO. The van der Waals surface area contributed by atoms with Gasteiger partial charge in [0.1, 0.15) is 0 Å². The van der Waals surface area contributed by atoms with Gasteiger partial charge in [-0.2, -0.15) is 0 Å². The molecule has 0 aliphatic rings. The summed E-state index contributed by atoms with van der Waals surface area (Å²) in [4.78, 5) is 0. The van der Waals surface area contributed by atoms with E-state index in [0.29, 0.717) is 6.61 Å². The Bertz CT molecular complexity index is 43.9. The Morgan fingerprint density at radius 1 is 1.44 bits per heavy atom. The fourth-order valence-corrected chi connectivity index (χ4v) is 0.201. The summed E-state index contributed by atoms with van der Waals surface area (Å²) in [7, 11) is 0. The minimum Gasteiger partial charge on any atom is -1.00 e. The molecule has 4 heteroatoms. The SMILES string of the molecule is C=CCOCC.[Br-].[Br-].[Mg+2]. The van der Waals surface area contributed by atoms with Crippen LogP contribution in [0.25, 0.3) is 0 Å². The second-order valence-corrected chi connectivity index (χ2v) is 0.948. The second-order valence-electron chi connectivity index (χ2n) is 0.948. The first kappa shape index (κ1) is 22.4. The average Bonchev–Trinajstić information content (AvgIpc) is 1.61. The van der Waals surface area contributed by atoms with Crippen molar-refractivity contribution >= 4 is 23.1 Å². The molecule has 52 valence electrons. The normalized spacial score (nSPS) is 5.44. The zero-order valence-electron chi connectivity index (χ0n) is 5.57. The number of hydrogen-bond acceptors (Lipinski definition) is 1. The van der Waals surface area contributed by atoms with Crippen molar-refractivity contribution in [2.24, 2.45) is 0 Å². The molecule has 0 atom stereocenters. The molecule has 0 aromatic rings. The summed E-state index contributed by atoms with van der Waals surface area (Å²) < 4.78 is 4.86. The third kappa shape index (κ3) is 26.5. The Hall–Kier alpha value is 1.43. The molecule has 0 rings (SSSR count). The molecule has 0 aromatic heterocycles. The van der Waals surface area contributed by atoms with E-state index in [1.807, 2.05) is 6.92 Å². The molecule has 0 unspecified atom stereocenters. The van der Waals surface area contributed by atoms with Gasteiger partial charge in [-0.1, -0.05) is 6.08 Å². The van der Waals surface area contributed by atoms with Crippen LogP contribution in [0, 0.1) is 0 Å². The second kappa shape index (κ2) is 22.7. The van der Waals surface area contributed by atoms with Crippen LogP contribution >= 0.6 is 0 Å². The van der Waals surface area contributed by atoms with Gasteiger partial charge in [0, 0.05) is 6.61 Å². The maximum atomic E-state index is 4.86. The van der Waals surface area contributed by atoms with Crippen molar-refractivity contribution in [3.63, 3.8) is 0 Å². The van der Waals surface area contributed by atoms with Gasteiger partial charge in [0.15, 0.2) is 0 Å². The minimum absolute atomic E-state index is 0. The largest absolute Gasteiger partial charge is 2.00 e. The zero-order valence-corrected chi connectivity index (χ0v) is 10.2. The van der Waals surface area contributed by atoms with Gasteiger partial charge in [-0.15, -0.1) is 6.58 Å². The summed E-state index contributed by atoms with van der Waals surface area (Å²) >= 11 is 0. The number of rotatable bonds is 3. The molecule has 0 radical (unpaired) electrons. The summed E-state index contributed by atoms with van der Waals surface area (Å²) in [5.41, 5.74) is 0. The van der Waals surface area contributed by atoms with E-state index in [4.69, 9.17) is 4.74 Å². The fraction of sp³-hybridized carbons (Fsp3) is 0.600. The van der Waals surface area contributed by atoms with E-state index < -0.39 is 0 Å². The van der Waals surface area contributed by atoms with Crippen LogP contribution in [0.5, 0.6) is 0 Å². The molecule has 0 fully saturated rings. The van der Waals surface area contributed by atoms with Gasteiger partial charge in [0.05, 0.1) is 6.61 Å². The van der Waals surface area contributed by atoms with Crippen LogP contribution in [0.2, 0.25) is 0 Å². The van der Waals surface area contributed by atoms with E-state index in [9.17, 15) is 0 Å². The van der Waals surface area contributed by atoms with Crippen LogP contribution in [-0.2, 0) is 4.74 Å².